The first kappa shape index (κ1) is 10.7. The van der Waals surface area contributed by atoms with E-state index in [0.29, 0.717) is 12.0 Å². The van der Waals surface area contributed by atoms with Crippen molar-refractivity contribution in [1.82, 2.24) is 10.2 Å². The third kappa shape index (κ3) is 2.43. The Hall–Kier alpha value is -0.770. The number of urea groups is 1. The van der Waals surface area contributed by atoms with Gasteiger partial charge in [0.05, 0.1) is 6.10 Å². The van der Waals surface area contributed by atoms with Crippen LogP contribution in [0.5, 0.6) is 0 Å². The van der Waals surface area contributed by atoms with Gasteiger partial charge < -0.3 is 15.0 Å². The van der Waals surface area contributed by atoms with Gasteiger partial charge in [-0.3, -0.25) is 0 Å². The molecule has 0 aromatic rings. The van der Waals surface area contributed by atoms with Gasteiger partial charge in [-0.1, -0.05) is 6.92 Å². The van der Waals surface area contributed by atoms with Crippen molar-refractivity contribution in [3.05, 3.63) is 0 Å². The van der Waals surface area contributed by atoms with Crippen molar-refractivity contribution in [2.24, 2.45) is 5.92 Å². The average Bonchev–Trinajstić information content (AvgIpc) is 2.69. The Kier molecular flexibility index (Phi) is 3.46. The van der Waals surface area contributed by atoms with Crippen molar-refractivity contribution < 1.29 is 9.53 Å². The molecule has 0 bridgehead atoms. The maximum Gasteiger partial charge on any atom is 0.317 e. The molecular formula is C11H20N2O2. The molecule has 4 nitrogen and oxygen atoms in total. The predicted octanol–water partition coefficient (Wildman–Crippen LogP) is 1.22. The Balaban J connectivity index is 1.86. The number of nitrogens with zero attached hydrogens (tertiary/aromatic N) is 1. The van der Waals surface area contributed by atoms with Crippen molar-refractivity contribution in [2.45, 2.75) is 32.3 Å². The Morgan fingerprint density at radius 3 is 3.20 bits per heavy atom. The lowest BCUT2D eigenvalue weighted by atomic mass is 9.99. The van der Waals surface area contributed by atoms with Gasteiger partial charge in [0.15, 0.2) is 0 Å². The van der Waals surface area contributed by atoms with Crippen LogP contribution in [0, 0.1) is 5.92 Å². The van der Waals surface area contributed by atoms with Crippen LogP contribution in [0.2, 0.25) is 0 Å². The van der Waals surface area contributed by atoms with Crippen molar-refractivity contribution in [1.29, 1.82) is 0 Å². The number of ether oxygens (including phenoxy) is 1. The molecule has 2 aliphatic rings. The highest BCUT2D eigenvalue weighted by atomic mass is 16.5. The molecule has 0 radical (unpaired) electrons. The summed E-state index contributed by atoms with van der Waals surface area (Å²) < 4.78 is 5.63. The molecular weight excluding hydrogens is 192 g/mol. The zero-order chi connectivity index (χ0) is 10.7. The lowest BCUT2D eigenvalue weighted by molar-refractivity contribution is 0.0775. The Morgan fingerprint density at radius 2 is 2.47 bits per heavy atom. The second-order valence-electron chi connectivity index (χ2n) is 4.40. The summed E-state index contributed by atoms with van der Waals surface area (Å²) in [5.74, 6) is 0.541. The summed E-state index contributed by atoms with van der Waals surface area (Å²) in [5.41, 5.74) is 0. The van der Waals surface area contributed by atoms with E-state index in [2.05, 4.69) is 12.2 Å². The molecule has 0 aromatic heterocycles. The highest BCUT2D eigenvalue weighted by Gasteiger charge is 2.30. The van der Waals surface area contributed by atoms with Crippen LogP contribution >= 0.6 is 0 Å². The van der Waals surface area contributed by atoms with Crippen LogP contribution in [-0.4, -0.2) is 43.3 Å². The van der Waals surface area contributed by atoms with E-state index < -0.39 is 0 Å². The molecule has 1 N–H and O–H groups in total. The topological polar surface area (TPSA) is 41.6 Å². The summed E-state index contributed by atoms with van der Waals surface area (Å²) >= 11 is 0. The summed E-state index contributed by atoms with van der Waals surface area (Å²) in [6.07, 6.45) is 3.58. The monoisotopic (exact) mass is 212 g/mol. The number of hydrogen-bond acceptors (Lipinski definition) is 2. The quantitative estimate of drug-likeness (QED) is 0.764. The smallest absolute Gasteiger partial charge is 0.317 e. The van der Waals surface area contributed by atoms with Gasteiger partial charge in [0.1, 0.15) is 0 Å². The molecule has 86 valence electrons. The van der Waals surface area contributed by atoms with Crippen LogP contribution in [0.4, 0.5) is 4.79 Å². The summed E-state index contributed by atoms with van der Waals surface area (Å²) in [7, 11) is 0. The summed E-state index contributed by atoms with van der Waals surface area (Å²) in [6.45, 7) is 5.61. The minimum atomic E-state index is 0.100. The molecule has 2 aliphatic heterocycles. The van der Waals surface area contributed by atoms with Gasteiger partial charge >= 0.3 is 6.03 Å². The van der Waals surface area contributed by atoms with E-state index >= 15 is 0 Å². The summed E-state index contributed by atoms with van der Waals surface area (Å²) in [5, 5.41) is 2.89. The standard InChI is InChI=1S/C11H20N2O2/c1-2-10-9(4-7-15-10)8-13-6-3-5-12-11(13)14/h9-10H,2-8H2,1H3,(H,12,14). The zero-order valence-corrected chi connectivity index (χ0v) is 9.37. The van der Waals surface area contributed by atoms with Gasteiger partial charge in [-0.25, -0.2) is 4.79 Å². The van der Waals surface area contributed by atoms with Gasteiger partial charge in [-0.15, -0.1) is 0 Å². The summed E-state index contributed by atoms with van der Waals surface area (Å²) in [4.78, 5) is 13.5. The van der Waals surface area contributed by atoms with Gasteiger partial charge in [-0.2, -0.15) is 0 Å². The molecule has 2 amide bonds. The highest BCUT2D eigenvalue weighted by Crippen LogP contribution is 2.24. The first-order chi connectivity index (χ1) is 7.31. The molecule has 2 rings (SSSR count). The Morgan fingerprint density at radius 1 is 1.60 bits per heavy atom. The number of nitrogens with one attached hydrogen (secondary N) is 1. The van der Waals surface area contributed by atoms with Crippen LogP contribution in [0.25, 0.3) is 0 Å². The number of carbonyl (C=O) groups excluding carboxylic acids is 1. The maximum absolute atomic E-state index is 11.6. The van der Waals surface area contributed by atoms with E-state index in [1.807, 2.05) is 4.90 Å². The fourth-order valence-corrected chi connectivity index (χ4v) is 2.49. The molecule has 0 spiro atoms. The summed E-state index contributed by atoms with van der Waals surface area (Å²) in [6, 6.07) is 0.100. The zero-order valence-electron chi connectivity index (χ0n) is 9.37. The first-order valence-electron chi connectivity index (χ1n) is 5.95. The van der Waals surface area contributed by atoms with Gasteiger partial charge in [0.2, 0.25) is 0 Å². The first-order valence-corrected chi connectivity index (χ1v) is 5.95. The maximum atomic E-state index is 11.6. The number of carbonyl (C=O) groups is 1. The third-order valence-electron chi connectivity index (χ3n) is 3.37. The molecule has 2 unspecified atom stereocenters. The molecule has 2 atom stereocenters. The SMILES string of the molecule is CCC1OCCC1CN1CCCNC1=O. The van der Waals surface area contributed by atoms with Crippen molar-refractivity contribution in [3.8, 4) is 0 Å². The second kappa shape index (κ2) is 4.84. The van der Waals surface area contributed by atoms with E-state index in [4.69, 9.17) is 4.74 Å². The largest absolute Gasteiger partial charge is 0.378 e. The van der Waals surface area contributed by atoms with Crippen molar-refractivity contribution >= 4 is 6.03 Å². The molecule has 15 heavy (non-hydrogen) atoms. The molecule has 2 heterocycles. The number of rotatable bonds is 3. The average molecular weight is 212 g/mol. The minimum Gasteiger partial charge on any atom is -0.378 e. The predicted molar refractivity (Wildman–Crippen MR) is 57.7 cm³/mol. The fraction of sp³-hybridized carbons (Fsp3) is 0.909. The van der Waals surface area contributed by atoms with E-state index in [1.54, 1.807) is 0 Å². The highest BCUT2D eigenvalue weighted by molar-refractivity contribution is 5.74. The van der Waals surface area contributed by atoms with Crippen molar-refractivity contribution in [3.63, 3.8) is 0 Å². The van der Waals surface area contributed by atoms with Gasteiger partial charge in [0.25, 0.3) is 0 Å². The Labute approximate surface area is 91.0 Å². The van der Waals surface area contributed by atoms with E-state index in [0.717, 1.165) is 45.5 Å². The van der Waals surface area contributed by atoms with Crippen LogP contribution in [0.3, 0.4) is 0 Å². The van der Waals surface area contributed by atoms with E-state index in [-0.39, 0.29) is 6.03 Å². The second-order valence-corrected chi connectivity index (χ2v) is 4.40. The molecule has 0 aliphatic carbocycles. The fourth-order valence-electron chi connectivity index (χ4n) is 2.49. The molecule has 0 aromatic carbocycles. The van der Waals surface area contributed by atoms with Gasteiger partial charge in [-0.05, 0) is 19.3 Å². The van der Waals surface area contributed by atoms with E-state index in [1.165, 1.54) is 0 Å². The molecule has 4 heteroatoms. The van der Waals surface area contributed by atoms with Crippen molar-refractivity contribution in [2.75, 3.05) is 26.2 Å². The number of amides is 2. The molecule has 0 saturated carbocycles. The third-order valence-corrected chi connectivity index (χ3v) is 3.37. The molecule has 2 fully saturated rings. The normalized spacial score (nSPS) is 31.8. The Bertz CT molecular complexity index is 233. The van der Waals surface area contributed by atoms with Crippen LogP contribution in [0.15, 0.2) is 0 Å². The van der Waals surface area contributed by atoms with Crippen LogP contribution in [0.1, 0.15) is 26.2 Å². The molecule has 2 saturated heterocycles. The van der Waals surface area contributed by atoms with Crippen LogP contribution in [-0.2, 0) is 4.74 Å². The lowest BCUT2D eigenvalue weighted by Crippen LogP contribution is -2.48. The minimum absolute atomic E-state index is 0.100. The van der Waals surface area contributed by atoms with E-state index in [9.17, 15) is 4.79 Å². The van der Waals surface area contributed by atoms with Gasteiger partial charge in [0, 0.05) is 32.2 Å². The lowest BCUT2D eigenvalue weighted by Gasteiger charge is -2.31. The van der Waals surface area contributed by atoms with Crippen LogP contribution < -0.4 is 5.32 Å². The number of hydrogen-bond donors (Lipinski definition) is 1.